The monoisotopic (exact) mass is 257 g/mol. The topological polar surface area (TPSA) is 32.3 Å². The van der Waals surface area contributed by atoms with Crippen molar-refractivity contribution in [2.75, 3.05) is 12.0 Å². The number of halogens is 1. The van der Waals surface area contributed by atoms with Crippen LogP contribution in [-0.2, 0) is 0 Å². The van der Waals surface area contributed by atoms with Gasteiger partial charge in [-0.05, 0) is 38.3 Å². The van der Waals surface area contributed by atoms with Gasteiger partial charge in [0.1, 0.15) is 11.6 Å². The maximum absolute atomic E-state index is 12.9. The predicted molar refractivity (Wildman–Crippen MR) is 72.1 cm³/mol. The van der Waals surface area contributed by atoms with E-state index in [0.29, 0.717) is 6.04 Å². The molecule has 0 aliphatic carbocycles. The fourth-order valence-electron chi connectivity index (χ4n) is 1.78. The summed E-state index contributed by atoms with van der Waals surface area (Å²) in [5, 5.41) is 13.1. The Hall–Kier alpha value is -0.740. The van der Waals surface area contributed by atoms with Crippen molar-refractivity contribution >= 4 is 11.8 Å². The second kappa shape index (κ2) is 6.87. The van der Waals surface area contributed by atoms with Crippen LogP contribution in [0.2, 0.25) is 0 Å². The van der Waals surface area contributed by atoms with Crippen LogP contribution in [0, 0.1) is 5.82 Å². The third-order valence-corrected chi connectivity index (χ3v) is 3.39. The van der Waals surface area contributed by atoms with E-state index in [1.807, 2.05) is 18.7 Å². The minimum Gasteiger partial charge on any atom is -0.508 e. The maximum Gasteiger partial charge on any atom is 0.126 e. The van der Waals surface area contributed by atoms with Crippen LogP contribution in [-0.4, -0.2) is 23.2 Å². The van der Waals surface area contributed by atoms with Crippen LogP contribution in [0.25, 0.3) is 0 Å². The number of hydrogen-bond acceptors (Lipinski definition) is 3. The summed E-state index contributed by atoms with van der Waals surface area (Å²) >= 11 is 1.82. The summed E-state index contributed by atoms with van der Waals surface area (Å²) in [6.45, 7) is 4.09. The van der Waals surface area contributed by atoms with E-state index in [4.69, 9.17) is 0 Å². The molecule has 1 aromatic carbocycles. The van der Waals surface area contributed by atoms with Gasteiger partial charge in [0.15, 0.2) is 0 Å². The zero-order chi connectivity index (χ0) is 12.8. The maximum atomic E-state index is 12.9. The van der Waals surface area contributed by atoms with Crippen LogP contribution < -0.4 is 5.32 Å². The SMILES string of the molecule is CSCCC(C)NC(C)c1ccc(F)cc1O. The van der Waals surface area contributed by atoms with E-state index < -0.39 is 5.82 Å². The quantitative estimate of drug-likeness (QED) is 0.820. The molecule has 4 heteroatoms. The van der Waals surface area contributed by atoms with Crippen molar-refractivity contribution in [1.82, 2.24) is 5.32 Å². The van der Waals surface area contributed by atoms with Crippen LogP contribution in [0.1, 0.15) is 31.9 Å². The molecule has 0 bridgehead atoms. The van der Waals surface area contributed by atoms with Crippen LogP contribution in [0.5, 0.6) is 5.75 Å². The lowest BCUT2D eigenvalue weighted by atomic mass is 10.1. The molecule has 17 heavy (non-hydrogen) atoms. The lowest BCUT2D eigenvalue weighted by Gasteiger charge is -2.20. The lowest BCUT2D eigenvalue weighted by Crippen LogP contribution is -2.29. The van der Waals surface area contributed by atoms with Gasteiger partial charge in [0.2, 0.25) is 0 Å². The van der Waals surface area contributed by atoms with Gasteiger partial charge in [-0.3, -0.25) is 0 Å². The third-order valence-electron chi connectivity index (χ3n) is 2.75. The molecular weight excluding hydrogens is 237 g/mol. The highest BCUT2D eigenvalue weighted by Crippen LogP contribution is 2.25. The van der Waals surface area contributed by atoms with E-state index in [0.717, 1.165) is 23.8 Å². The Morgan fingerprint density at radius 1 is 1.41 bits per heavy atom. The highest BCUT2D eigenvalue weighted by Gasteiger charge is 2.13. The van der Waals surface area contributed by atoms with Gasteiger partial charge in [0.25, 0.3) is 0 Å². The summed E-state index contributed by atoms with van der Waals surface area (Å²) in [7, 11) is 0. The molecule has 0 amide bonds. The minimum atomic E-state index is -0.408. The summed E-state index contributed by atoms with van der Waals surface area (Å²) in [6.07, 6.45) is 3.16. The largest absolute Gasteiger partial charge is 0.508 e. The van der Waals surface area contributed by atoms with Crippen molar-refractivity contribution in [3.8, 4) is 5.75 Å². The van der Waals surface area contributed by atoms with Gasteiger partial charge in [-0.25, -0.2) is 4.39 Å². The summed E-state index contributed by atoms with van der Waals surface area (Å²) in [6, 6.07) is 4.55. The van der Waals surface area contributed by atoms with E-state index in [9.17, 15) is 9.50 Å². The highest BCUT2D eigenvalue weighted by atomic mass is 32.2. The van der Waals surface area contributed by atoms with Crippen LogP contribution in [0.4, 0.5) is 4.39 Å². The number of phenols is 1. The number of benzene rings is 1. The number of aromatic hydroxyl groups is 1. The molecule has 2 unspecified atom stereocenters. The van der Waals surface area contributed by atoms with Crippen LogP contribution in [0.15, 0.2) is 18.2 Å². The standard InChI is InChI=1S/C13H20FNOS/c1-9(6-7-17-3)15-10(2)12-5-4-11(14)8-13(12)16/h4-5,8-10,15-16H,6-7H2,1-3H3. The van der Waals surface area contributed by atoms with E-state index in [1.165, 1.54) is 6.07 Å². The van der Waals surface area contributed by atoms with Crippen molar-refractivity contribution in [3.05, 3.63) is 29.6 Å². The summed E-state index contributed by atoms with van der Waals surface area (Å²) in [4.78, 5) is 0. The zero-order valence-electron chi connectivity index (χ0n) is 10.5. The van der Waals surface area contributed by atoms with Gasteiger partial charge in [-0.1, -0.05) is 6.07 Å². The number of nitrogens with one attached hydrogen (secondary N) is 1. The van der Waals surface area contributed by atoms with Crippen molar-refractivity contribution in [1.29, 1.82) is 0 Å². The minimum absolute atomic E-state index is 0.0158. The average Bonchev–Trinajstić information content (AvgIpc) is 2.26. The fraction of sp³-hybridized carbons (Fsp3) is 0.538. The summed E-state index contributed by atoms with van der Waals surface area (Å²) in [5.41, 5.74) is 0.738. The summed E-state index contributed by atoms with van der Waals surface area (Å²) in [5.74, 6) is 0.715. The molecule has 0 radical (unpaired) electrons. The van der Waals surface area contributed by atoms with Gasteiger partial charge < -0.3 is 10.4 Å². The Labute approximate surface area is 107 Å². The Bertz CT molecular complexity index is 359. The highest BCUT2D eigenvalue weighted by molar-refractivity contribution is 7.98. The first kappa shape index (κ1) is 14.3. The zero-order valence-corrected chi connectivity index (χ0v) is 11.4. The molecule has 0 aromatic heterocycles. The normalized spacial score (nSPS) is 14.6. The molecule has 1 rings (SSSR count). The molecule has 0 fully saturated rings. The van der Waals surface area contributed by atoms with Gasteiger partial charge in [-0.2, -0.15) is 11.8 Å². The molecule has 2 N–H and O–H groups in total. The molecular formula is C13H20FNOS. The number of thioether (sulfide) groups is 1. The average molecular weight is 257 g/mol. The van der Waals surface area contributed by atoms with Crippen molar-refractivity contribution in [2.45, 2.75) is 32.4 Å². The Balaban J connectivity index is 2.60. The lowest BCUT2D eigenvalue weighted by molar-refractivity contribution is 0.428. The molecule has 0 heterocycles. The van der Waals surface area contributed by atoms with Gasteiger partial charge >= 0.3 is 0 Å². The second-order valence-corrected chi connectivity index (χ2v) is 5.26. The predicted octanol–water partition coefficient (Wildman–Crippen LogP) is 3.32. The number of rotatable bonds is 6. The molecule has 0 aliphatic rings. The molecule has 2 atom stereocenters. The molecule has 2 nitrogen and oxygen atoms in total. The molecule has 1 aromatic rings. The van der Waals surface area contributed by atoms with Crippen molar-refractivity contribution < 1.29 is 9.50 Å². The Morgan fingerprint density at radius 3 is 2.71 bits per heavy atom. The van der Waals surface area contributed by atoms with E-state index in [2.05, 4.69) is 18.5 Å². The van der Waals surface area contributed by atoms with Crippen LogP contribution in [0.3, 0.4) is 0 Å². The molecule has 0 saturated carbocycles. The third kappa shape index (κ3) is 4.56. The van der Waals surface area contributed by atoms with Gasteiger partial charge in [-0.15, -0.1) is 0 Å². The molecule has 0 saturated heterocycles. The van der Waals surface area contributed by atoms with Crippen molar-refractivity contribution in [3.63, 3.8) is 0 Å². The molecule has 0 spiro atoms. The number of phenolic OH excluding ortho intramolecular Hbond substituents is 1. The van der Waals surface area contributed by atoms with Gasteiger partial charge in [0.05, 0.1) is 0 Å². The fourth-order valence-corrected chi connectivity index (χ4v) is 2.37. The van der Waals surface area contributed by atoms with E-state index in [1.54, 1.807) is 6.07 Å². The molecule has 96 valence electrons. The van der Waals surface area contributed by atoms with E-state index in [-0.39, 0.29) is 11.8 Å². The smallest absolute Gasteiger partial charge is 0.126 e. The molecule has 0 aliphatic heterocycles. The van der Waals surface area contributed by atoms with Gasteiger partial charge in [0, 0.05) is 23.7 Å². The van der Waals surface area contributed by atoms with Crippen LogP contribution >= 0.6 is 11.8 Å². The first-order chi connectivity index (χ1) is 8.04. The van der Waals surface area contributed by atoms with Crippen molar-refractivity contribution in [2.24, 2.45) is 0 Å². The summed E-state index contributed by atoms with van der Waals surface area (Å²) < 4.78 is 12.9. The Kier molecular flexibility index (Phi) is 5.78. The van der Waals surface area contributed by atoms with E-state index >= 15 is 0 Å². The first-order valence-electron chi connectivity index (χ1n) is 5.78. The second-order valence-electron chi connectivity index (χ2n) is 4.27. The Morgan fingerprint density at radius 2 is 2.12 bits per heavy atom. The first-order valence-corrected chi connectivity index (χ1v) is 7.17. The number of hydrogen-bond donors (Lipinski definition) is 2.